The summed E-state index contributed by atoms with van der Waals surface area (Å²) in [4.78, 5) is 28.4. The standard InChI is InChI=1S/C28H31N6O4/c1-36-15-14-34-12-9-19(10-13-34)18-4-6-21(7-5-18)31-25-24-20(8-11-29-26(24)35)16-23(32-25)22-17-30-28(38-3)33-27(22)37-2/h4-8,11,16-17,19H,9-10,12-15H2,1-3H3,(H,31,32). The summed E-state index contributed by atoms with van der Waals surface area (Å²) in [6, 6.07) is 10.4. The molecule has 10 heteroatoms. The zero-order valence-electron chi connectivity index (χ0n) is 21.8. The van der Waals surface area contributed by atoms with Crippen LogP contribution >= 0.6 is 0 Å². The molecular weight excluding hydrogens is 484 g/mol. The molecule has 1 amide bonds. The van der Waals surface area contributed by atoms with Gasteiger partial charge in [0.1, 0.15) is 5.82 Å². The maximum absolute atomic E-state index is 12.7. The maximum atomic E-state index is 12.7. The van der Waals surface area contributed by atoms with Gasteiger partial charge in [-0.15, -0.1) is 0 Å². The molecule has 1 N–H and O–H groups in total. The SMILES string of the molecule is COCCN1CCC(c2ccc(Nc3nc(-c4cnc(OC)nc4OC)cc4c3C(=O)[N]C=C4)cc2)CC1. The number of pyridine rings is 1. The van der Waals surface area contributed by atoms with E-state index in [2.05, 4.69) is 37.6 Å². The van der Waals surface area contributed by atoms with Crippen molar-refractivity contribution in [3.8, 4) is 23.1 Å². The van der Waals surface area contributed by atoms with Crippen LogP contribution in [0.4, 0.5) is 11.5 Å². The molecule has 0 unspecified atom stereocenters. The lowest BCUT2D eigenvalue weighted by Gasteiger charge is -2.32. The quantitative estimate of drug-likeness (QED) is 0.454. The summed E-state index contributed by atoms with van der Waals surface area (Å²) in [5, 5.41) is 7.29. The van der Waals surface area contributed by atoms with E-state index < -0.39 is 0 Å². The van der Waals surface area contributed by atoms with Crippen LogP contribution in [0.2, 0.25) is 0 Å². The smallest absolute Gasteiger partial charge is 0.319 e. The van der Waals surface area contributed by atoms with Crippen molar-refractivity contribution in [1.82, 2.24) is 25.2 Å². The third-order valence-electron chi connectivity index (χ3n) is 6.94. The first kappa shape index (κ1) is 25.6. The Morgan fingerprint density at radius 1 is 1.05 bits per heavy atom. The second-order valence-corrected chi connectivity index (χ2v) is 9.21. The van der Waals surface area contributed by atoms with Gasteiger partial charge < -0.3 is 24.4 Å². The number of nitrogens with one attached hydrogen (secondary N) is 1. The molecule has 0 atom stereocenters. The molecule has 2 aliphatic heterocycles. The molecule has 1 fully saturated rings. The minimum absolute atomic E-state index is 0.191. The van der Waals surface area contributed by atoms with Gasteiger partial charge in [-0.2, -0.15) is 4.98 Å². The first-order valence-electron chi connectivity index (χ1n) is 12.6. The molecule has 2 aromatic heterocycles. The Morgan fingerprint density at radius 3 is 2.55 bits per heavy atom. The third-order valence-corrected chi connectivity index (χ3v) is 6.94. The molecule has 10 nitrogen and oxygen atoms in total. The van der Waals surface area contributed by atoms with E-state index in [9.17, 15) is 4.79 Å². The summed E-state index contributed by atoms with van der Waals surface area (Å²) in [7, 11) is 4.76. The van der Waals surface area contributed by atoms with E-state index in [1.165, 1.54) is 26.0 Å². The number of carbonyl (C=O) groups excluding carboxylic acids is 1. The zero-order valence-corrected chi connectivity index (χ0v) is 21.8. The third kappa shape index (κ3) is 5.46. The normalized spacial score (nSPS) is 15.6. The summed E-state index contributed by atoms with van der Waals surface area (Å²) in [6.07, 6.45) is 7.13. The number of aromatic nitrogens is 3. The van der Waals surface area contributed by atoms with Gasteiger partial charge in [0.15, 0.2) is 0 Å². The number of hydrogen-bond donors (Lipinski definition) is 1. The van der Waals surface area contributed by atoms with E-state index in [1.807, 2.05) is 12.1 Å². The predicted molar refractivity (Wildman–Crippen MR) is 144 cm³/mol. The Kier molecular flexibility index (Phi) is 7.81. The Bertz CT molecular complexity index is 1320. The highest BCUT2D eigenvalue weighted by Crippen LogP contribution is 2.34. The number of nitrogens with zero attached hydrogens (tertiary/aromatic N) is 5. The van der Waals surface area contributed by atoms with E-state index in [4.69, 9.17) is 19.2 Å². The van der Waals surface area contributed by atoms with E-state index in [1.54, 1.807) is 25.4 Å². The van der Waals surface area contributed by atoms with E-state index in [0.29, 0.717) is 40.0 Å². The summed E-state index contributed by atoms with van der Waals surface area (Å²) in [6.45, 7) is 3.91. The first-order valence-corrected chi connectivity index (χ1v) is 12.6. The van der Waals surface area contributed by atoms with Gasteiger partial charge in [-0.1, -0.05) is 12.1 Å². The average Bonchev–Trinajstić information content (AvgIpc) is 2.96. The number of methoxy groups -OCH3 is 3. The van der Waals surface area contributed by atoms with Crippen molar-refractivity contribution in [3.05, 3.63) is 59.4 Å². The molecule has 197 valence electrons. The number of hydrogen-bond acceptors (Lipinski definition) is 9. The van der Waals surface area contributed by atoms with Crippen LogP contribution in [0, 0.1) is 0 Å². The van der Waals surface area contributed by atoms with Crippen LogP contribution in [0.15, 0.2) is 42.7 Å². The molecule has 0 spiro atoms. The molecule has 0 bridgehead atoms. The molecule has 1 radical (unpaired) electrons. The molecule has 0 aliphatic carbocycles. The summed E-state index contributed by atoms with van der Waals surface area (Å²) >= 11 is 0. The number of likely N-dealkylation sites (tertiary alicyclic amines) is 1. The van der Waals surface area contributed by atoms with E-state index in [-0.39, 0.29) is 11.9 Å². The highest BCUT2D eigenvalue weighted by molar-refractivity contribution is 6.05. The maximum Gasteiger partial charge on any atom is 0.319 e. The van der Waals surface area contributed by atoms with Crippen LogP contribution in [-0.4, -0.2) is 73.3 Å². The van der Waals surface area contributed by atoms with Crippen molar-refractivity contribution in [2.24, 2.45) is 0 Å². The van der Waals surface area contributed by atoms with E-state index in [0.717, 1.165) is 44.8 Å². The monoisotopic (exact) mass is 515 g/mol. The van der Waals surface area contributed by atoms with Crippen LogP contribution in [0.3, 0.4) is 0 Å². The second-order valence-electron chi connectivity index (χ2n) is 9.21. The van der Waals surface area contributed by atoms with Gasteiger partial charge in [0.25, 0.3) is 5.91 Å². The number of ether oxygens (including phenoxy) is 3. The molecule has 4 heterocycles. The molecule has 0 saturated carbocycles. The molecule has 1 aromatic carbocycles. The van der Waals surface area contributed by atoms with Crippen LogP contribution < -0.4 is 20.1 Å². The molecule has 38 heavy (non-hydrogen) atoms. The largest absolute Gasteiger partial charge is 0.480 e. The van der Waals surface area contributed by atoms with Gasteiger partial charge in [0.2, 0.25) is 5.88 Å². The fourth-order valence-electron chi connectivity index (χ4n) is 4.87. The molecular formula is C28H31N6O4. The predicted octanol–water partition coefficient (Wildman–Crippen LogP) is 3.85. The fraction of sp³-hybridized carbons (Fsp3) is 0.357. The molecule has 5 rings (SSSR count). The van der Waals surface area contributed by atoms with E-state index >= 15 is 0 Å². The lowest BCUT2D eigenvalue weighted by atomic mass is 9.89. The fourth-order valence-corrected chi connectivity index (χ4v) is 4.87. The molecule has 2 aliphatic rings. The van der Waals surface area contributed by atoms with Crippen molar-refractivity contribution in [2.45, 2.75) is 18.8 Å². The number of benzene rings is 1. The van der Waals surface area contributed by atoms with Crippen molar-refractivity contribution >= 4 is 23.5 Å². The van der Waals surface area contributed by atoms with Crippen molar-refractivity contribution < 1.29 is 19.0 Å². The van der Waals surface area contributed by atoms with Gasteiger partial charge >= 0.3 is 6.01 Å². The minimum Gasteiger partial charge on any atom is -0.480 e. The molecule has 3 aromatic rings. The van der Waals surface area contributed by atoms with Gasteiger partial charge in [-0.3, -0.25) is 4.79 Å². The Labute approximate surface area is 222 Å². The van der Waals surface area contributed by atoms with Crippen molar-refractivity contribution in [2.75, 3.05) is 52.9 Å². The topological polar surface area (TPSA) is 113 Å². The zero-order chi connectivity index (χ0) is 26.5. The van der Waals surface area contributed by atoms with Crippen LogP contribution in [-0.2, 0) is 4.74 Å². The Morgan fingerprint density at radius 2 is 1.84 bits per heavy atom. The summed E-state index contributed by atoms with van der Waals surface area (Å²) in [5.74, 6) is 0.917. The number of piperidine rings is 1. The van der Waals surface area contributed by atoms with Crippen molar-refractivity contribution in [3.63, 3.8) is 0 Å². The lowest BCUT2D eigenvalue weighted by molar-refractivity contribution is 0.0965. The lowest BCUT2D eigenvalue weighted by Crippen LogP contribution is -2.35. The van der Waals surface area contributed by atoms with Gasteiger partial charge in [0.05, 0.1) is 37.6 Å². The van der Waals surface area contributed by atoms with Crippen LogP contribution in [0.25, 0.3) is 17.3 Å². The van der Waals surface area contributed by atoms with Gasteiger partial charge in [-0.05, 0) is 67.3 Å². The summed E-state index contributed by atoms with van der Waals surface area (Å²) in [5.41, 5.74) is 4.40. The Balaban J connectivity index is 1.40. The molecule has 1 saturated heterocycles. The average molecular weight is 516 g/mol. The van der Waals surface area contributed by atoms with Crippen molar-refractivity contribution in [1.29, 1.82) is 0 Å². The minimum atomic E-state index is -0.348. The van der Waals surface area contributed by atoms with Crippen LogP contribution in [0.1, 0.15) is 40.2 Å². The second kappa shape index (κ2) is 11.6. The van der Waals surface area contributed by atoms with Gasteiger partial charge in [-0.25, -0.2) is 15.3 Å². The summed E-state index contributed by atoms with van der Waals surface area (Å²) < 4.78 is 15.8. The number of fused-ring (bicyclic) bond motifs is 1. The highest BCUT2D eigenvalue weighted by atomic mass is 16.5. The number of rotatable bonds is 9. The van der Waals surface area contributed by atoms with Crippen LogP contribution in [0.5, 0.6) is 11.9 Å². The number of carbonyl (C=O) groups is 1. The first-order chi connectivity index (χ1) is 18.6. The number of anilines is 2. The van der Waals surface area contributed by atoms with Gasteiger partial charge in [0, 0.05) is 31.7 Å². The highest BCUT2D eigenvalue weighted by Gasteiger charge is 2.24. The number of amides is 1. The Hall–Kier alpha value is -4.02.